The zero-order valence-corrected chi connectivity index (χ0v) is 18.2. The van der Waals surface area contributed by atoms with E-state index in [1.807, 2.05) is 30.3 Å². The molecule has 0 aliphatic carbocycles. The lowest BCUT2D eigenvalue weighted by atomic mass is 10.1. The molecule has 1 saturated heterocycles. The Morgan fingerprint density at radius 1 is 0.839 bits per heavy atom. The van der Waals surface area contributed by atoms with Gasteiger partial charge in [0.2, 0.25) is 10.0 Å². The summed E-state index contributed by atoms with van der Waals surface area (Å²) in [6.07, 6.45) is 1.54. The highest BCUT2D eigenvalue weighted by molar-refractivity contribution is 7.89. The van der Waals surface area contributed by atoms with Crippen LogP contribution in [0.1, 0.15) is 0 Å². The number of ether oxygens (including phenoxy) is 2. The summed E-state index contributed by atoms with van der Waals surface area (Å²) in [5, 5.41) is 0. The number of aromatic nitrogens is 2. The van der Waals surface area contributed by atoms with Crippen molar-refractivity contribution in [2.75, 3.05) is 45.3 Å². The Bertz CT molecular complexity index is 1140. The van der Waals surface area contributed by atoms with Crippen molar-refractivity contribution < 1.29 is 17.9 Å². The van der Waals surface area contributed by atoms with E-state index in [9.17, 15) is 8.42 Å². The molecule has 0 bridgehead atoms. The van der Waals surface area contributed by atoms with Crippen LogP contribution in [-0.4, -0.2) is 63.1 Å². The Hall–Kier alpha value is -3.17. The number of rotatable bonds is 6. The number of nitrogens with zero attached hydrogens (tertiary/aromatic N) is 4. The second kappa shape index (κ2) is 8.91. The number of methoxy groups -OCH3 is 2. The van der Waals surface area contributed by atoms with E-state index < -0.39 is 10.0 Å². The monoisotopic (exact) mass is 440 g/mol. The lowest BCUT2D eigenvalue weighted by Crippen LogP contribution is -2.48. The zero-order chi connectivity index (χ0) is 21.8. The smallest absolute Gasteiger partial charge is 0.243 e. The fraction of sp³-hybridized carbons (Fsp3) is 0.273. The average Bonchev–Trinajstić information content (AvgIpc) is 2.84. The van der Waals surface area contributed by atoms with E-state index in [1.54, 1.807) is 31.4 Å². The first kappa shape index (κ1) is 21.1. The van der Waals surface area contributed by atoms with Crippen molar-refractivity contribution in [3.8, 4) is 22.8 Å². The van der Waals surface area contributed by atoms with Crippen LogP contribution in [0.3, 0.4) is 0 Å². The summed E-state index contributed by atoms with van der Waals surface area (Å²) in [6.45, 7) is 1.84. The van der Waals surface area contributed by atoms with Crippen LogP contribution >= 0.6 is 0 Å². The molecule has 0 saturated carbocycles. The van der Waals surface area contributed by atoms with Crippen molar-refractivity contribution >= 4 is 15.8 Å². The van der Waals surface area contributed by atoms with Crippen molar-refractivity contribution in [2.24, 2.45) is 0 Å². The van der Waals surface area contributed by atoms with Crippen LogP contribution in [0.2, 0.25) is 0 Å². The summed E-state index contributed by atoms with van der Waals surface area (Å²) < 4.78 is 37.9. The van der Waals surface area contributed by atoms with Crippen LogP contribution in [0.4, 0.5) is 5.82 Å². The molecule has 162 valence electrons. The Kier molecular flexibility index (Phi) is 6.06. The second-order valence-corrected chi connectivity index (χ2v) is 9.00. The molecule has 1 aliphatic heterocycles. The number of benzene rings is 2. The summed E-state index contributed by atoms with van der Waals surface area (Å²) in [6, 6.07) is 16.2. The van der Waals surface area contributed by atoms with Crippen LogP contribution in [0, 0.1) is 0 Å². The summed E-state index contributed by atoms with van der Waals surface area (Å²) in [4.78, 5) is 11.1. The maximum absolute atomic E-state index is 13.0. The third-order valence-corrected chi connectivity index (χ3v) is 7.17. The first-order valence-electron chi connectivity index (χ1n) is 9.87. The molecule has 9 heteroatoms. The Morgan fingerprint density at radius 2 is 1.55 bits per heavy atom. The largest absolute Gasteiger partial charge is 0.497 e. The van der Waals surface area contributed by atoms with Gasteiger partial charge in [-0.3, -0.25) is 0 Å². The van der Waals surface area contributed by atoms with E-state index in [-0.39, 0.29) is 4.90 Å². The molecule has 0 amide bonds. The Morgan fingerprint density at radius 3 is 2.23 bits per heavy atom. The molecule has 31 heavy (non-hydrogen) atoms. The van der Waals surface area contributed by atoms with Gasteiger partial charge in [-0.15, -0.1) is 0 Å². The number of sulfonamides is 1. The molecule has 0 radical (unpaired) electrons. The topological polar surface area (TPSA) is 84.9 Å². The fourth-order valence-electron chi connectivity index (χ4n) is 3.51. The molecule has 1 fully saturated rings. The summed E-state index contributed by atoms with van der Waals surface area (Å²) in [7, 11) is -0.425. The van der Waals surface area contributed by atoms with Crippen molar-refractivity contribution in [3.05, 3.63) is 60.9 Å². The van der Waals surface area contributed by atoms with Gasteiger partial charge in [-0.1, -0.05) is 6.07 Å². The Labute approximate surface area is 182 Å². The number of hydrogen-bond donors (Lipinski definition) is 0. The predicted octanol–water partition coefficient (Wildman–Crippen LogP) is 2.67. The lowest BCUT2D eigenvalue weighted by molar-refractivity contribution is 0.382. The van der Waals surface area contributed by atoms with Crippen molar-refractivity contribution in [1.82, 2.24) is 14.3 Å². The summed E-state index contributed by atoms with van der Waals surface area (Å²) >= 11 is 0. The first-order chi connectivity index (χ1) is 15.0. The highest BCUT2D eigenvalue weighted by Crippen LogP contribution is 2.26. The van der Waals surface area contributed by atoms with Gasteiger partial charge in [0.1, 0.15) is 23.6 Å². The Balaban J connectivity index is 1.47. The maximum Gasteiger partial charge on any atom is 0.243 e. The standard InChI is InChI=1S/C22H24N4O4S/c1-29-18-8-6-17(7-9-18)21-15-22(24-16-23-21)25-10-12-26(13-11-25)31(27,28)20-5-3-4-19(14-20)30-2/h3-9,14-16H,10-13H2,1-2H3. The summed E-state index contributed by atoms with van der Waals surface area (Å²) in [5.74, 6) is 2.08. The normalized spacial score (nSPS) is 15.0. The van der Waals surface area contributed by atoms with Gasteiger partial charge in [0.15, 0.2) is 0 Å². The van der Waals surface area contributed by atoms with Crippen molar-refractivity contribution in [3.63, 3.8) is 0 Å². The molecule has 0 N–H and O–H groups in total. The third kappa shape index (κ3) is 4.47. The van der Waals surface area contributed by atoms with Crippen LogP contribution in [0.15, 0.2) is 65.8 Å². The minimum atomic E-state index is -3.58. The van der Waals surface area contributed by atoms with E-state index in [4.69, 9.17) is 9.47 Å². The van der Waals surface area contributed by atoms with Crippen LogP contribution < -0.4 is 14.4 Å². The summed E-state index contributed by atoms with van der Waals surface area (Å²) in [5.41, 5.74) is 1.77. The molecule has 0 spiro atoms. The number of piperazine rings is 1. The van der Waals surface area contributed by atoms with E-state index in [2.05, 4.69) is 14.9 Å². The van der Waals surface area contributed by atoms with E-state index >= 15 is 0 Å². The molecular formula is C22H24N4O4S. The van der Waals surface area contributed by atoms with Crippen LogP contribution in [0.25, 0.3) is 11.3 Å². The molecule has 2 aromatic carbocycles. The molecule has 1 aromatic heterocycles. The van der Waals surface area contributed by atoms with Gasteiger partial charge >= 0.3 is 0 Å². The van der Waals surface area contributed by atoms with Crippen LogP contribution in [-0.2, 0) is 10.0 Å². The van der Waals surface area contributed by atoms with Gasteiger partial charge in [0.05, 0.1) is 24.8 Å². The number of anilines is 1. The minimum Gasteiger partial charge on any atom is -0.497 e. The molecular weight excluding hydrogens is 416 g/mol. The van der Waals surface area contributed by atoms with Crippen molar-refractivity contribution in [1.29, 1.82) is 0 Å². The van der Waals surface area contributed by atoms with Gasteiger partial charge < -0.3 is 14.4 Å². The van der Waals surface area contributed by atoms with E-state index in [0.717, 1.165) is 22.8 Å². The minimum absolute atomic E-state index is 0.240. The second-order valence-electron chi connectivity index (χ2n) is 7.06. The van der Waals surface area contributed by atoms with Gasteiger partial charge in [-0.25, -0.2) is 18.4 Å². The van der Waals surface area contributed by atoms with Crippen LogP contribution in [0.5, 0.6) is 11.5 Å². The molecule has 0 atom stereocenters. The fourth-order valence-corrected chi connectivity index (χ4v) is 4.97. The lowest BCUT2D eigenvalue weighted by Gasteiger charge is -2.34. The van der Waals surface area contributed by atoms with Gasteiger partial charge in [-0.05, 0) is 36.4 Å². The molecule has 2 heterocycles. The van der Waals surface area contributed by atoms with Gasteiger partial charge in [0, 0.05) is 43.9 Å². The first-order valence-corrected chi connectivity index (χ1v) is 11.3. The van der Waals surface area contributed by atoms with E-state index in [0.29, 0.717) is 31.9 Å². The SMILES string of the molecule is COc1ccc(-c2cc(N3CCN(S(=O)(=O)c4cccc(OC)c4)CC3)ncn2)cc1. The highest BCUT2D eigenvalue weighted by Gasteiger charge is 2.29. The predicted molar refractivity (Wildman–Crippen MR) is 118 cm³/mol. The number of hydrogen-bond acceptors (Lipinski definition) is 7. The van der Waals surface area contributed by atoms with Crippen molar-refractivity contribution in [2.45, 2.75) is 4.90 Å². The quantitative estimate of drug-likeness (QED) is 0.583. The molecule has 3 aromatic rings. The highest BCUT2D eigenvalue weighted by atomic mass is 32.2. The molecule has 8 nitrogen and oxygen atoms in total. The zero-order valence-electron chi connectivity index (χ0n) is 17.4. The van der Waals surface area contributed by atoms with Gasteiger partial charge in [0.25, 0.3) is 0 Å². The molecule has 0 unspecified atom stereocenters. The molecule has 4 rings (SSSR count). The molecule has 1 aliphatic rings. The van der Waals surface area contributed by atoms with E-state index in [1.165, 1.54) is 17.7 Å². The van der Waals surface area contributed by atoms with Gasteiger partial charge in [-0.2, -0.15) is 4.31 Å². The third-order valence-electron chi connectivity index (χ3n) is 5.28. The average molecular weight is 441 g/mol. The maximum atomic E-state index is 13.0.